The Bertz CT molecular complexity index is 234. The van der Waals surface area contributed by atoms with Gasteiger partial charge in [-0.25, -0.2) is 0 Å². The summed E-state index contributed by atoms with van der Waals surface area (Å²) in [6.07, 6.45) is 2.07. The Morgan fingerprint density at radius 2 is 2.12 bits per heavy atom. The molecule has 2 atom stereocenters. The van der Waals surface area contributed by atoms with Crippen LogP contribution in [0.2, 0.25) is 0 Å². The molecule has 0 amide bonds. The van der Waals surface area contributed by atoms with Gasteiger partial charge in [0.05, 0.1) is 6.10 Å². The number of aliphatic hydroxyl groups is 1. The number of piperazine rings is 1. The SMILES string of the molecule is CC(C)=CCN1CCN(C[C@@H](C)O)[C@H](C)C1. The highest BCUT2D eigenvalue weighted by Crippen LogP contribution is 2.10. The number of aliphatic hydroxyl groups excluding tert-OH is 1. The van der Waals surface area contributed by atoms with E-state index < -0.39 is 0 Å². The molecule has 1 heterocycles. The molecule has 3 nitrogen and oxygen atoms in total. The van der Waals surface area contributed by atoms with E-state index in [2.05, 4.69) is 36.6 Å². The first-order valence-corrected chi connectivity index (χ1v) is 6.27. The molecule has 0 radical (unpaired) electrons. The quantitative estimate of drug-likeness (QED) is 0.733. The molecule has 1 N–H and O–H groups in total. The van der Waals surface area contributed by atoms with Gasteiger partial charge in [0.25, 0.3) is 0 Å². The smallest absolute Gasteiger partial charge is 0.0639 e. The molecular weight excluding hydrogens is 200 g/mol. The van der Waals surface area contributed by atoms with Gasteiger partial charge in [-0.05, 0) is 27.7 Å². The highest BCUT2D eigenvalue weighted by atomic mass is 16.3. The van der Waals surface area contributed by atoms with Gasteiger partial charge in [-0.3, -0.25) is 9.80 Å². The van der Waals surface area contributed by atoms with Crippen LogP contribution in [0.5, 0.6) is 0 Å². The van der Waals surface area contributed by atoms with E-state index >= 15 is 0 Å². The van der Waals surface area contributed by atoms with E-state index in [9.17, 15) is 5.11 Å². The van der Waals surface area contributed by atoms with Gasteiger partial charge in [0.15, 0.2) is 0 Å². The number of nitrogens with zero attached hydrogens (tertiary/aromatic N) is 2. The summed E-state index contributed by atoms with van der Waals surface area (Å²) < 4.78 is 0. The Balaban J connectivity index is 2.36. The molecule has 16 heavy (non-hydrogen) atoms. The average molecular weight is 226 g/mol. The number of rotatable bonds is 4. The Kier molecular flexibility index (Phi) is 5.46. The first-order valence-electron chi connectivity index (χ1n) is 6.27. The van der Waals surface area contributed by atoms with Crippen molar-refractivity contribution in [3.05, 3.63) is 11.6 Å². The molecule has 0 unspecified atom stereocenters. The van der Waals surface area contributed by atoms with E-state index in [1.807, 2.05) is 6.92 Å². The van der Waals surface area contributed by atoms with Crippen LogP contribution in [0.15, 0.2) is 11.6 Å². The molecule has 3 heteroatoms. The van der Waals surface area contributed by atoms with Crippen molar-refractivity contribution in [3.63, 3.8) is 0 Å². The largest absolute Gasteiger partial charge is 0.392 e. The first-order chi connectivity index (χ1) is 7.49. The Morgan fingerprint density at radius 3 is 2.62 bits per heavy atom. The molecule has 0 aromatic rings. The van der Waals surface area contributed by atoms with Crippen LogP contribution < -0.4 is 0 Å². The molecule has 0 aromatic heterocycles. The van der Waals surface area contributed by atoms with Gasteiger partial charge >= 0.3 is 0 Å². The van der Waals surface area contributed by atoms with Crippen LogP contribution in [0.25, 0.3) is 0 Å². The molecule has 0 bridgehead atoms. The summed E-state index contributed by atoms with van der Waals surface area (Å²) >= 11 is 0. The van der Waals surface area contributed by atoms with Crippen LogP contribution in [0.4, 0.5) is 0 Å². The highest BCUT2D eigenvalue weighted by molar-refractivity contribution is 4.96. The zero-order chi connectivity index (χ0) is 12.1. The van der Waals surface area contributed by atoms with Crippen LogP contribution in [-0.4, -0.2) is 59.8 Å². The van der Waals surface area contributed by atoms with Crippen molar-refractivity contribution in [2.75, 3.05) is 32.7 Å². The monoisotopic (exact) mass is 226 g/mol. The van der Waals surface area contributed by atoms with Crippen molar-refractivity contribution in [3.8, 4) is 0 Å². The molecule has 1 aliphatic rings. The van der Waals surface area contributed by atoms with Crippen LogP contribution in [0.1, 0.15) is 27.7 Å². The molecule has 1 saturated heterocycles. The van der Waals surface area contributed by atoms with E-state index in [1.165, 1.54) is 5.57 Å². The highest BCUT2D eigenvalue weighted by Gasteiger charge is 2.23. The first kappa shape index (κ1) is 13.7. The third-order valence-corrected chi connectivity index (χ3v) is 3.11. The van der Waals surface area contributed by atoms with Gasteiger partial charge in [-0.15, -0.1) is 0 Å². The van der Waals surface area contributed by atoms with Gasteiger partial charge in [-0.2, -0.15) is 0 Å². The molecular formula is C13H26N2O. The molecule has 0 aliphatic carbocycles. The van der Waals surface area contributed by atoms with Crippen LogP contribution >= 0.6 is 0 Å². The summed E-state index contributed by atoms with van der Waals surface area (Å²) in [5, 5.41) is 9.40. The average Bonchev–Trinajstić information content (AvgIpc) is 2.18. The summed E-state index contributed by atoms with van der Waals surface area (Å²) in [5.41, 5.74) is 1.39. The van der Waals surface area contributed by atoms with Gasteiger partial charge < -0.3 is 5.11 Å². The maximum absolute atomic E-state index is 9.40. The maximum atomic E-state index is 9.40. The zero-order valence-corrected chi connectivity index (χ0v) is 11.1. The maximum Gasteiger partial charge on any atom is 0.0639 e. The summed E-state index contributed by atoms with van der Waals surface area (Å²) in [5.74, 6) is 0. The second-order valence-electron chi connectivity index (χ2n) is 5.23. The van der Waals surface area contributed by atoms with E-state index in [1.54, 1.807) is 0 Å². The van der Waals surface area contributed by atoms with Gasteiger partial charge in [-0.1, -0.05) is 11.6 Å². The summed E-state index contributed by atoms with van der Waals surface area (Å²) in [7, 11) is 0. The lowest BCUT2D eigenvalue weighted by Gasteiger charge is -2.40. The molecule has 0 aromatic carbocycles. The topological polar surface area (TPSA) is 26.7 Å². The standard InChI is InChI=1S/C13H26N2O/c1-11(2)5-6-14-7-8-15(10-13(4)16)12(3)9-14/h5,12-13,16H,6-10H2,1-4H3/t12-,13-/m1/s1. The van der Waals surface area contributed by atoms with Gasteiger partial charge in [0, 0.05) is 38.8 Å². The van der Waals surface area contributed by atoms with Crippen molar-refractivity contribution in [2.45, 2.75) is 39.8 Å². The number of allylic oxidation sites excluding steroid dienone is 1. The van der Waals surface area contributed by atoms with Crippen molar-refractivity contribution in [1.82, 2.24) is 9.80 Å². The Morgan fingerprint density at radius 1 is 1.44 bits per heavy atom. The van der Waals surface area contributed by atoms with E-state index in [-0.39, 0.29) is 6.10 Å². The fourth-order valence-electron chi connectivity index (χ4n) is 2.16. The third-order valence-electron chi connectivity index (χ3n) is 3.11. The summed E-state index contributed by atoms with van der Waals surface area (Å²) in [6, 6.07) is 0.550. The number of β-amino-alcohol motifs (C(OH)–C–C–N with tert-alkyl or cyclic N) is 1. The fraction of sp³-hybridized carbons (Fsp3) is 0.846. The number of hydrogen-bond acceptors (Lipinski definition) is 3. The predicted molar refractivity (Wildman–Crippen MR) is 68.6 cm³/mol. The summed E-state index contributed by atoms with van der Waals surface area (Å²) in [6.45, 7) is 13.6. The van der Waals surface area contributed by atoms with Crippen LogP contribution in [0.3, 0.4) is 0 Å². The molecule has 1 fully saturated rings. The summed E-state index contributed by atoms with van der Waals surface area (Å²) in [4.78, 5) is 4.86. The second kappa shape index (κ2) is 6.38. The van der Waals surface area contributed by atoms with Crippen molar-refractivity contribution in [2.24, 2.45) is 0 Å². The molecule has 0 spiro atoms. The normalized spacial score (nSPS) is 25.4. The lowest BCUT2D eigenvalue weighted by Crippen LogP contribution is -2.53. The predicted octanol–water partition coefficient (Wildman–Crippen LogP) is 1.34. The minimum Gasteiger partial charge on any atom is -0.392 e. The lowest BCUT2D eigenvalue weighted by molar-refractivity contribution is 0.0494. The lowest BCUT2D eigenvalue weighted by atomic mass is 10.1. The Labute approximate surface area is 99.7 Å². The molecule has 94 valence electrons. The van der Waals surface area contributed by atoms with Crippen molar-refractivity contribution < 1.29 is 5.11 Å². The van der Waals surface area contributed by atoms with Crippen molar-refractivity contribution in [1.29, 1.82) is 0 Å². The van der Waals surface area contributed by atoms with Gasteiger partial charge in [0.2, 0.25) is 0 Å². The molecule has 0 saturated carbocycles. The second-order valence-corrected chi connectivity index (χ2v) is 5.23. The van der Waals surface area contributed by atoms with E-state index in [0.717, 1.165) is 32.7 Å². The van der Waals surface area contributed by atoms with E-state index in [0.29, 0.717) is 6.04 Å². The minimum absolute atomic E-state index is 0.216. The third kappa shape index (κ3) is 4.64. The van der Waals surface area contributed by atoms with Gasteiger partial charge in [0.1, 0.15) is 0 Å². The van der Waals surface area contributed by atoms with Crippen LogP contribution in [-0.2, 0) is 0 Å². The van der Waals surface area contributed by atoms with Crippen molar-refractivity contribution >= 4 is 0 Å². The number of hydrogen-bond donors (Lipinski definition) is 1. The Hall–Kier alpha value is -0.380. The van der Waals surface area contributed by atoms with E-state index in [4.69, 9.17) is 0 Å². The fourth-order valence-corrected chi connectivity index (χ4v) is 2.16. The zero-order valence-electron chi connectivity index (χ0n) is 11.1. The molecule has 1 aliphatic heterocycles. The van der Waals surface area contributed by atoms with Crippen LogP contribution in [0, 0.1) is 0 Å². The minimum atomic E-state index is -0.216. The molecule has 1 rings (SSSR count).